The van der Waals surface area contributed by atoms with E-state index >= 15 is 0 Å². The van der Waals surface area contributed by atoms with Crippen LogP contribution in [0, 0.1) is 0 Å². The maximum absolute atomic E-state index is 12.0. The molecular weight excluding hydrogens is 614 g/mol. The van der Waals surface area contributed by atoms with E-state index in [-0.39, 0.29) is 18.2 Å². The third-order valence-corrected chi connectivity index (χ3v) is 9.27. The molecule has 0 amide bonds. The van der Waals surface area contributed by atoms with Gasteiger partial charge in [-0.05, 0) is 83.7 Å². The van der Waals surface area contributed by atoms with Crippen LogP contribution in [-0.2, 0) is 28.5 Å². The lowest BCUT2D eigenvalue weighted by Gasteiger charge is -2.21. The lowest BCUT2D eigenvalue weighted by atomic mass is 10.1. The van der Waals surface area contributed by atoms with Gasteiger partial charge >= 0.3 is 11.9 Å². The Morgan fingerprint density at radius 3 is 1.57 bits per heavy atom. The van der Waals surface area contributed by atoms with Crippen LogP contribution in [0.5, 0.6) is 0 Å². The number of ether oxygens (including phenoxy) is 4. The van der Waals surface area contributed by atoms with Crippen molar-refractivity contribution in [2.75, 3.05) is 46.1 Å². The van der Waals surface area contributed by atoms with Gasteiger partial charge in [0.25, 0.3) is 0 Å². The van der Waals surface area contributed by atoms with Gasteiger partial charge in [0.1, 0.15) is 13.2 Å². The predicted molar refractivity (Wildman–Crippen MR) is 204 cm³/mol. The molecule has 1 heterocycles. The van der Waals surface area contributed by atoms with Crippen LogP contribution < -0.4 is 0 Å². The van der Waals surface area contributed by atoms with Crippen LogP contribution in [0.15, 0.2) is 24.3 Å². The quantitative estimate of drug-likeness (QED) is 0.0280. The zero-order chi connectivity index (χ0) is 35.3. The molecule has 0 aromatic rings. The second-order valence-electron chi connectivity index (χ2n) is 13.9. The third kappa shape index (κ3) is 32.0. The molecule has 0 bridgehead atoms. The fraction of sp³-hybridized carbons (Fsp3) is 0.857. The van der Waals surface area contributed by atoms with Crippen molar-refractivity contribution in [3.05, 3.63) is 24.3 Å². The maximum Gasteiger partial charge on any atom is 0.306 e. The summed E-state index contributed by atoms with van der Waals surface area (Å²) >= 11 is 0. The van der Waals surface area contributed by atoms with E-state index in [4.69, 9.17) is 18.9 Å². The van der Waals surface area contributed by atoms with Gasteiger partial charge in [0.2, 0.25) is 0 Å². The molecule has 0 aliphatic carbocycles. The first kappa shape index (κ1) is 45.3. The van der Waals surface area contributed by atoms with Gasteiger partial charge in [-0.1, -0.05) is 122 Å². The molecule has 0 radical (unpaired) electrons. The van der Waals surface area contributed by atoms with Gasteiger partial charge < -0.3 is 23.8 Å². The number of carbonyl (C=O) groups is 2. The van der Waals surface area contributed by atoms with Crippen molar-refractivity contribution < 1.29 is 28.5 Å². The van der Waals surface area contributed by atoms with Crippen molar-refractivity contribution in [1.82, 2.24) is 4.90 Å². The zero-order valence-electron chi connectivity index (χ0n) is 32.1. The van der Waals surface area contributed by atoms with Gasteiger partial charge in [-0.15, -0.1) is 0 Å². The Hall–Kier alpha value is -1.70. The number of allylic oxidation sites excluding steroid dienone is 2. The van der Waals surface area contributed by atoms with E-state index in [1.54, 1.807) is 0 Å². The summed E-state index contributed by atoms with van der Waals surface area (Å²) in [6.45, 7) is 10.1. The minimum absolute atomic E-state index is 0.0771. The van der Waals surface area contributed by atoms with Gasteiger partial charge in [0, 0.05) is 26.0 Å². The number of nitrogens with zero attached hydrogens (tertiary/aromatic N) is 1. The molecule has 0 aromatic heterocycles. The second kappa shape index (κ2) is 36.1. The SMILES string of the molecule is CCCCCC/C=C\COC(=O)CCCCCCCCOC(CCCCCCCC(=O)OC/C=C\CCCCCC)OCCN1CCCC1. The number of hydrogen-bond donors (Lipinski definition) is 0. The van der Waals surface area contributed by atoms with Gasteiger partial charge in [0.05, 0.1) is 6.61 Å². The molecular formula is C42H77NO6. The molecule has 0 saturated carbocycles. The first-order valence-electron chi connectivity index (χ1n) is 20.7. The fourth-order valence-corrected chi connectivity index (χ4v) is 6.11. The zero-order valence-corrected chi connectivity index (χ0v) is 32.1. The molecule has 0 N–H and O–H groups in total. The van der Waals surface area contributed by atoms with E-state index in [1.165, 1.54) is 83.7 Å². The van der Waals surface area contributed by atoms with Crippen molar-refractivity contribution in [2.24, 2.45) is 0 Å². The van der Waals surface area contributed by atoms with E-state index in [2.05, 4.69) is 30.9 Å². The highest BCUT2D eigenvalue weighted by Crippen LogP contribution is 2.15. The summed E-state index contributed by atoms with van der Waals surface area (Å²) in [7, 11) is 0. The van der Waals surface area contributed by atoms with Crippen LogP contribution in [0.4, 0.5) is 0 Å². The average molecular weight is 692 g/mol. The monoisotopic (exact) mass is 692 g/mol. The number of rotatable bonds is 36. The van der Waals surface area contributed by atoms with Crippen LogP contribution in [-0.4, -0.2) is 69.2 Å². The second-order valence-corrected chi connectivity index (χ2v) is 13.9. The molecule has 0 spiro atoms. The van der Waals surface area contributed by atoms with Crippen molar-refractivity contribution in [1.29, 1.82) is 0 Å². The summed E-state index contributed by atoms with van der Waals surface area (Å²) in [6, 6.07) is 0. The van der Waals surface area contributed by atoms with Crippen LogP contribution in [0.1, 0.15) is 181 Å². The highest BCUT2D eigenvalue weighted by atomic mass is 16.7. The molecule has 286 valence electrons. The molecule has 0 aromatic carbocycles. The lowest BCUT2D eigenvalue weighted by molar-refractivity contribution is -0.149. The molecule has 1 atom stereocenters. The number of esters is 2. The molecule has 1 aliphatic rings. The average Bonchev–Trinajstić information content (AvgIpc) is 3.62. The molecule has 49 heavy (non-hydrogen) atoms. The predicted octanol–water partition coefficient (Wildman–Crippen LogP) is 11.0. The third-order valence-electron chi connectivity index (χ3n) is 9.27. The van der Waals surface area contributed by atoms with Crippen molar-refractivity contribution >= 4 is 11.9 Å². The standard InChI is InChI=1S/C42H77NO6/c1-3-5-7-9-12-19-27-36-46-40(44)30-22-16-11-14-21-29-38-48-42(49-39-35-43-33-25-26-34-43)32-24-18-15-17-23-31-41(45)47-37-28-20-13-10-8-6-4-2/h19-20,27-28,42H,3-18,21-26,29-39H2,1-2H3/b27-19-,28-20-. The van der Waals surface area contributed by atoms with E-state index in [0.29, 0.717) is 26.1 Å². The summed E-state index contributed by atoms with van der Waals surface area (Å²) in [4.78, 5) is 26.4. The molecule has 1 saturated heterocycles. The van der Waals surface area contributed by atoms with Crippen LogP contribution in [0.25, 0.3) is 0 Å². The highest BCUT2D eigenvalue weighted by molar-refractivity contribution is 5.69. The Labute approximate surface area is 302 Å². The van der Waals surface area contributed by atoms with Crippen LogP contribution in [0.3, 0.4) is 0 Å². The Morgan fingerprint density at radius 2 is 1.02 bits per heavy atom. The van der Waals surface area contributed by atoms with Gasteiger partial charge in [-0.3, -0.25) is 9.59 Å². The Bertz CT molecular complexity index is 794. The fourth-order valence-electron chi connectivity index (χ4n) is 6.11. The molecule has 1 rings (SSSR count). The molecule has 1 fully saturated rings. The van der Waals surface area contributed by atoms with Crippen molar-refractivity contribution in [3.8, 4) is 0 Å². The smallest absolute Gasteiger partial charge is 0.306 e. The van der Waals surface area contributed by atoms with Gasteiger partial charge in [-0.2, -0.15) is 0 Å². The van der Waals surface area contributed by atoms with Crippen LogP contribution in [0.2, 0.25) is 0 Å². The normalized spacial score (nSPS) is 14.3. The van der Waals surface area contributed by atoms with E-state index in [9.17, 15) is 9.59 Å². The minimum Gasteiger partial charge on any atom is -0.461 e. The number of likely N-dealkylation sites (tertiary alicyclic amines) is 1. The number of carbonyl (C=O) groups excluding carboxylic acids is 2. The summed E-state index contributed by atoms with van der Waals surface area (Å²) in [6.07, 6.45) is 36.7. The van der Waals surface area contributed by atoms with Gasteiger partial charge in [-0.25, -0.2) is 0 Å². The summed E-state index contributed by atoms with van der Waals surface area (Å²) < 4.78 is 23.1. The van der Waals surface area contributed by atoms with Gasteiger partial charge in [0.15, 0.2) is 6.29 Å². The first-order chi connectivity index (χ1) is 24.2. The largest absolute Gasteiger partial charge is 0.461 e. The number of unbranched alkanes of at least 4 members (excludes halogenated alkanes) is 17. The highest BCUT2D eigenvalue weighted by Gasteiger charge is 2.14. The van der Waals surface area contributed by atoms with E-state index in [1.807, 2.05) is 12.2 Å². The van der Waals surface area contributed by atoms with Crippen molar-refractivity contribution in [2.45, 2.75) is 187 Å². The summed E-state index contributed by atoms with van der Waals surface area (Å²) in [5.41, 5.74) is 0. The van der Waals surface area contributed by atoms with E-state index < -0.39 is 0 Å². The van der Waals surface area contributed by atoms with Crippen LogP contribution >= 0.6 is 0 Å². The molecule has 1 aliphatic heterocycles. The number of hydrogen-bond acceptors (Lipinski definition) is 7. The molecule has 1 unspecified atom stereocenters. The maximum atomic E-state index is 12.0. The first-order valence-corrected chi connectivity index (χ1v) is 20.7. The summed E-state index contributed by atoms with van der Waals surface area (Å²) in [5.74, 6) is -0.158. The minimum atomic E-state index is -0.126. The Morgan fingerprint density at radius 1 is 0.551 bits per heavy atom. The Balaban J connectivity index is 2.07. The lowest BCUT2D eigenvalue weighted by Crippen LogP contribution is -2.27. The molecule has 7 nitrogen and oxygen atoms in total. The Kier molecular flexibility index (Phi) is 33.4. The van der Waals surface area contributed by atoms with E-state index in [0.717, 1.165) is 103 Å². The van der Waals surface area contributed by atoms with Crippen molar-refractivity contribution in [3.63, 3.8) is 0 Å². The topological polar surface area (TPSA) is 74.3 Å². The molecule has 7 heteroatoms. The summed E-state index contributed by atoms with van der Waals surface area (Å²) in [5, 5.41) is 0.